The highest BCUT2D eigenvalue weighted by atomic mass is 32.1. The number of piperazine rings is 1. The van der Waals surface area contributed by atoms with Gasteiger partial charge in [0.1, 0.15) is 5.01 Å². The Morgan fingerprint density at radius 1 is 1.33 bits per heavy atom. The van der Waals surface area contributed by atoms with Crippen LogP contribution in [0.5, 0.6) is 0 Å². The van der Waals surface area contributed by atoms with Crippen LogP contribution in [0.2, 0.25) is 0 Å². The Hall–Kier alpha value is -1.99. The summed E-state index contributed by atoms with van der Waals surface area (Å²) in [6.45, 7) is 8.00. The molecule has 2 aromatic heterocycles. The normalized spacial score (nSPS) is 16.8. The van der Waals surface area contributed by atoms with Gasteiger partial charge in [0.25, 0.3) is 0 Å². The van der Waals surface area contributed by atoms with Crippen molar-refractivity contribution in [1.82, 2.24) is 25.1 Å². The number of hydrogen-bond donors (Lipinski definition) is 1. The van der Waals surface area contributed by atoms with Crippen LogP contribution in [0.1, 0.15) is 29.4 Å². The van der Waals surface area contributed by atoms with Gasteiger partial charge in [0.05, 0.1) is 11.7 Å². The standard InChI is InChI=1S/C17H23N5OS/c1-13-12-24-16(19-13)14(2)20-17(23)22-9-7-21(8-10-22)11-15-5-3-4-6-18-15/h3-6,12,14H,7-11H2,1-2H3,(H,20,23). The fourth-order valence-electron chi connectivity index (χ4n) is 2.74. The lowest BCUT2D eigenvalue weighted by molar-refractivity contribution is 0.133. The Morgan fingerprint density at radius 2 is 2.12 bits per heavy atom. The van der Waals surface area contributed by atoms with Gasteiger partial charge in [-0.05, 0) is 26.0 Å². The van der Waals surface area contributed by atoms with Crippen molar-refractivity contribution in [2.45, 2.75) is 26.4 Å². The third-order valence-electron chi connectivity index (χ3n) is 4.12. The number of hydrogen-bond acceptors (Lipinski definition) is 5. The average Bonchev–Trinajstić information content (AvgIpc) is 3.03. The number of thiazole rings is 1. The first kappa shape index (κ1) is 16.9. The van der Waals surface area contributed by atoms with Crippen molar-refractivity contribution < 1.29 is 4.79 Å². The molecule has 1 aliphatic rings. The number of rotatable bonds is 4. The number of carbonyl (C=O) groups is 1. The van der Waals surface area contributed by atoms with Crippen molar-refractivity contribution >= 4 is 17.4 Å². The maximum atomic E-state index is 12.4. The molecule has 1 fully saturated rings. The molecular weight excluding hydrogens is 322 g/mol. The van der Waals surface area contributed by atoms with Gasteiger partial charge in [-0.2, -0.15) is 0 Å². The van der Waals surface area contributed by atoms with E-state index in [-0.39, 0.29) is 12.1 Å². The average molecular weight is 345 g/mol. The quantitative estimate of drug-likeness (QED) is 0.924. The zero-order chi connectivity index (χ0) is 16.9. The maximum absolute atomic E-state index is 12.4. The highest BCUT2D eigenvalue weighted by Gasteiger charge is 2.23. The monoisotopic (exact) mass is 345 g/mol. The summed E-state index contributed by atoms with van der Waals surface area (Å²) in [5, 5.41) is 6.01. The van der Waals surface area contributed by atoms with Crippen LogP contribution in [-0.4, -0.2) is 52.0 Å². The molecular formula is C17H23N5OS. The molecule has 3 heterocycles. The Kier molecular flexibility index (Phi) is 5.42. The number of nitrogens with one attached hydrogen (secondary N) is 1. The zero-order valence-corrected chi connectivity index (χ0v) is 14.9. The van der Waals surface area contributed by atoms with Crippen molar-refractivity contribution in [3.8, 4) is 0 Å². The Balaban J connectivity index is 1.46. The molecule has 2 aromatic rings. The second-order valence-electron chi connectivity index (χ2n) is 6.08. The first-order valence-electron chi connectivity index (χ1n) is 8.21. The van der Waals surface area contributed by atoms with Gasteiger partial charge in [0, 0.05) is 50.0 Å². The molecule has 1 unspecified atom stereocenters. The molecule has 0 bridgehead atoms. The van der Waals surface area contributed by atoms with Crippen LogP contribution in [-0.2, 0) is 6.54 Å². The number of aromatic nitrogens is 2. The van der Waals surface area contributed by atoms with Crippen molar-refractivity contribution in [2.24, 2.45) is 0 Å². The van der Waals surface area contributed by atoms with E-state index in [2.05, 4.69) is 20.2 Å². The van der Waals surface area contributed by atoms with E-state index in [1.165, 1.54) is 0 Å². The predicted octanol–water partition coefficient (Wildman–Crippen LogP) is 2.43. The minimum Gasteiger partial charge on any atom is -0.329 e. The van der Waals surface area contributed by atoms with E-state index in [0.29, 0.717) is 0 Å². The van der Waals surface area contributed by atoms with Crippen LogP contribution in [0.25, 0.3) is 0 Å². The fraction of sp³-hybridized carbons (Fsp3) is 0.471. The first-order valence-corrected chi connectivity index (χ1v) is 9.09. The first-order chi connectivity index (χ1) is 11.6. The van der Waals surface area contributed by atoms with E-state index in [1.807, 2.05) is 48.5 Å². The Morgan fingerprint density at radius 3 is 2.75 bits per heavy atom. The predicted molar refractivity (Wildman–Crippen MR) is 94.9 cm³/mol. The summed E-state index contributed by atoms with van der Waals surface area (Å²) < 4.78 is 0. The summed E-state index contributed by atoms with van der Waals surface area (Å²) in [6, 6.07) is 5.91. The molecule has 0 saturated carbocycles. The van der Waals surface area contributed by atoms with Crippen LogP contribution in [0.15, 0.2) is 29.8 Å². The third kappa shape index (κ3) is 4.30. The minimum atomic E-state index is -0.0530. The van der Waals surface area contributed by atoms with Crippen molar-refractivity contribution in [2.75, 3.05) is 26.2 Å². The molecule has 3 rings (SSSR count). The van der Waals surface area contributed by atoms with Crippen LogP contribution in [0, 0.1) is 6.92 Å². The van der Waals surface area contributed by atoms with Crippen molar-refractivity contribution in [3.05, 3.63) is 46.2 Å². The number of amides is 2. The lowest BCUT2D eigenvalue weighted by atomic mass is 10.2. The van der Waals surface area contributed by atoms with E-state index in [0.717, 1.165) is 49.1 Å². The van der Waals surface area contributed by atoms with Crippen molar-refractivity contribution in [3.63, 3.8) is 0 Å². The summed E-state index contributed by atoms with van der Waals surface area (Å²) >= 11 is 1.59. The number of pyridine rings is 1. The molecule has 7 heteroatoms. The van der Waals surface area contributed by atoms with E-state index in [9.17, 15) is 4.79 Å². The zero-order valence-electron chi connectivity index (χ0n) is 14.1. The number of nitrogens with zero attached hydrogens (tertiary/aromatic N) is 4. The summed E-state index contributed by atoms with van der Waals surface area (Å²) in [5.41, 5.74) is 2.07. The summed E-state index contributed by atoms with van der Waals surface area (Å²) in [5.74, 6) is 0. The smallest absolute Gasteiger partial charge is 0.318 e. The molecule has 1 atom stereocenters. The Bertz CT molecular complexity index is 667. The van der Waals surface area contributed by atoms with Crippen LogP contribution < -0.4 is 5.32 Å². The van der Waals surface area contributed by atoms with Gasteiger partial charge in [-0.3, -0.25) is 9.88 Å². The number of carbonyl (C=O) groups excluding carboxylic acids is 1. The lowest BCUT2D eigenvalue weighted by Gasteiger charge is -2.35. The summed E-state index contributed by atoms with van der Waals surface area (Å²) in [6.07, 6.45) is 1.82. The summed E-state index contributed by atoms with van der Waals surface area (Å²) in [4.78, 5) is 25.4. The molecule has 2 amide bonds. The van der Waals surface area contributed by atoms with E-state index in [4.69, 9.17) is 0 Å². The van der Waals surface area contributed by atoms with Gasteiger partial charge >= 0.3 is 6.03 Å². The molecule has 0 spiro atoms. The molecule has 0 radical (unpaired) electrons. The molecule has 1 N–H and O–H groups in total. The van der Waals surface area contributed by atoms with Crippen LogP contribution in [0.3, 0.4) is 0 Å². The van der Waals surface area contributed by atoms with E-state index >= 15 is 0 Å². The van der Waals surface area contributed by atoms with Gasteiger partial charge in [0.2, 0.25) is 0 Å². The molecule has 1 saturated heterocycles. The van der Waals surface area contributed by atoms with Gasteiger partial charge in [-0.25, -0.2) is 9.78 Å². The van der Waals surface area contributed by atoms with Gasteiger partial charge < -0.3 is 10.2 Å². The van der Waals surface area contributed by atoms with E-state index < -0.39 is 0 Å². The molecule has 128 valence electrons. The topological polar surface area (TPSA) is 61.4 Å². The summed E-state index contributed by atoms with van der Waals surface area (Å²) in [7, 11) is 0. The van der Waals surface area contributed by atoms with E-state index in [1.54, 1.807) is 11.3 Å². The molecule has 24 heavy (non-hydrogen) atoms. The van der Waals surface area contributed by atoms with Gasteiger partial charge in [-0.1, -0.05) is 6.07 Å². The van der Waals surface area contributed by atoms with Crippen LogP contribution >= 0.6 is 11.3 Å². The molecule has 0 aromatic carbocycles. The molecule has 0 aliphatic carbocycles. The number of aryl methyl sites for hydroxylation is 1. The van der Waals surface area contributed by atoms with Crippen LogP contribution in [0.4, 0.5) is 4.79 Å². The third-order valence-corrected chi connectivity index (χ3v) is 5.26. The second-order valence-corrected chi connectivity index (χ2v) is 6.97. The minimum absolute atomic E-state index is 0.00663. The van der Waals surface area contributed by atoms with Gasteiger partial charge in [-0.15, -0.1) is 11.3 Å². The highest BCUT2D eigenvalue weighted by Crippen LogP contribution is 2.18. The second kappa shape index (κ2) is 7.72. The van der Waals surface area contributed by atoms with Gasteiger partial charge in [0.15, 0.2) is 0 Å². The largest absolute Gasteiger partial charge is 0.329 e. The number of urea groups is 1. The van der Waals surface area contributed by atoms with Crippen molar-refractivity contribution in [1.29, 1.82) is 0 Å². The molecule has 6 nitrogen and oxygen atoms in total. The SMILES string of the molecule is Cc1csc(C(C)NC(=O)N2CCN(Cc3ccccn3)CC2)n1. The lowest BCUT2D eigenvalue weighted by Crippen LogP contribution is -2.51. The Labute approximate surface area is 146 Å². The highest BCUT2D eigenvalue weighted by molar-refractivity contribution is 7.09. The molecule has 1 aliphatic heterocycles. The maximum Gasteiger partial charge on any atom is 0.318 e. The fourth-order valence-corrected chi connectivity index (χ4v) is 3.54.